The van der Waals surface area contributed by atoms with Crippen LogP contribution in [-0.2, 0) is 13.6 Å². The number of hydrogen-bond acceptors (Lipinski definition) is 4. The summed E-state index contributed by atoms with van der Waals surface area (Å²) in [7, 11) is -8.69. The lowest BCUT2D eigenvalue weighted by Gasteiger charge is -2.30. The second-order valence-corrected chi connectivity index (χ2v) is 23.8. The molecule has 1 rings (SSSR count). The van der Waals surface area contributed by atoms with Gasteiger partial charge in [0, 0.05) is 16.1 Å². The predicted octanol–water partition coefficient (Wildman–Crippen LogP) is 9.31. The van der Waals surface area contributed by atoms with Crippen LogP contribution >= 0.6 is 7.82 Å². The number of para-hydroxylation sites is 1. The second kappa shape index (κ2) is 12.6. The number of phosphoric acid groups is 1. The highest BCUT2D eigenvalue weighted by molar-refractivity contribution is 7.49. The SMILES string of the molecule is C[Si](C)(C)CCCC(OP(=O)(Oc1ccccc1)OC(CCC[Si](C)(C)C)C(F)(F)F)C(F)(F)F. The molecule has 13 heteroatoms. The van der Waals surface area contributed by atoms with Crippen LogP contribution < -0.4 is 4.52 Å². The molecule has 0 saturated heterocycles. The molecular weight excluding hydrogens is 529 g/mol. The Balaban J connectivity index is 3.21. The first-order valence-corrected chi connectivity index (χ1v) is 20.4. The van der Waals surface area contributed by atoms with E-state index in [0.717, 1.165) is 0 Å². The first kappa shape index (κ1) is 32.2. The van der Waals surface area contributed by atoms with E-state index in [1.807, 2.05) is 39.3 Å². The topological polar surface area (TPSA) is 44.8 Å². The zero-order chi connectivity index (χ0) is 27.1. The minimum atomic E-state index is -5.33. The van der Waals surface area contributed by atoms with E-state index in [1.165, 1.54) is 24.3 Å². The summed E-state index contributed by atoms with van der Waals surface area (Å²) in [6, 6.07) is 8.00. The average molecular weight is 567 g/mol. The van der Waals surface area contributed by atoms with E-state index in [0.29, 0.717) is 12.1 Å². The molecule has 0 saturated carbocycles. The number of hydrogen-bond donors (Lipinski definition) is 0. The zero-order valence-electron chi connectivity index (χ0n) is 21.1. The molecule has 2 unspecified atom stereocenters. The van der Waals surface area contributed by atoms with Gasteiger partial charge >= 0.3 is 20.2 Å². The lowest BCUT2D eigenvalue weighted by molar-refractivity contribution is -0.216. The van der Waals surface area contributed by atoms with E-state index >= 15 is 0 Å². The van der Waals surface area contributed by atoms with Crippen molar-refractivity contribution in [1.82, 2.24) is 0 Å². The van der Waals surface area contributed by atoms with E-state index in [9.17, 15) is 30.9 Å². The molecule has 0 fully saturated rings. The van der Waals surface area contributed by atoms with Crippen LogP contribution in [0.25, 0.3) is 0 Å². The van der Waals surface area contributed by atoms with Gasteiger partial charge in [0.15, 0.2) is 12.2 Å². The van der Waals surface area contributed by atoms with Crippen LogP contribution in [0.5, 0.6) is 5.75 Å². The van der Waals surface area contributed by atoms with Crippen LogP contribution in [-0.4, -0.2) is 40.7 Å². The van der Waals surface area contributed by atoms with Gasteiger partial charge in [-0.15, -0.1) is 0 Å². The molecular formula is C22H37F6O4PSi2. The number of benzene rings is 1. The van der Waals surface area contributed by atoms with Crippen molar-refractivity contribution in [2.45, 2.75) is 102 Å². The van der Waals surface area contributed by atoms with Gasteiger partial charge < -0.3 is 4.52 Å². The van der Waals surface area contributed by atoms with Gasteiger partial charge in [0.1, 0.15) is 5.75 Å². The van der Waals surface area contributed by atoms with E-state index in [1.54, 1.807) is 6.07 Å². The molecule has 1 aromatic rings. The lowest BCUT2D eigenvalue weighted by Crippen LogP contribution is -2.36. The molecule has 0 heterocycles. The van der Waals surface area contributed by atoms with Crippen LogP contribution in [0.3, 0.4) is 0 Å². The minimum Gasteiger partial charge on any atom is -0.404 e. The summed E-state index contributed by atoms with van der Waals surface area (Å²) in [5.41, 5.74) is 0. The van der Waals surface area contributed by atoms with E-state index in [2.05, 4.69) is 0 Å². The Morgan fingerprint density at radius 2 is 1.11 bits per heavy atom. The van der Waals surface area contributed by atoms with E-state index in [4.69, 9.17) is 13.6 Å². The molecule has 0 aliphatic heterocycles. The number of phosphoric ester groups is 1. The van der Waals surface area contributed by atoms with Crippen LogP contribution in [0.1, 0.15) is 25.7 Å². The van der Waals surface area contributed by atoms with Gasteiger partial charge in [-0.2, -0.15) is 26.3 Å². The van der Waals surface area contributed by atoms with Crippen molar-refractivity contribution >= 4 is 24.0 Å². The molecule has 0 spiro atoms. The zero-order valence-corrected chi connectivity index (χ0v) is 24.0. The largest absolute Gasteiger partial charge is 0.531 e. The van der Waals surface area contributed by atoms with Gasteiger partial charge in [-0.05, 0) is 25.0 Å². The van der Waals surface area contributed by atoms with Gasteiger partial charge in [0.25, 0.3) is 0 Å². The Morgan fingerprint density at radius 1 is 0.743 bits per heavy atom. The van der Waals surface area contributed by atoms with Gasteiger partial charge in [0.2, 0.25) is 0 Å². The summed E-state index contributed by atoms with van der Waals surface area (Å²) in [5, 5.41) is 0. The molecule has 0 amide bonds. The normalized spacial score (nSPS) is 17.0. The summed E-state index contributed by atoms with van der Waals surface area (Å²) in [6.07, 6.45) is -16.0. The highest BCUT2D eigenvalue weighted by atomic mass is 31.2. The third kappa shape index (κ3) is 13.9. The maximum Gasteiger partial charge on any atom is 0.531 e. The standard InChI is InChI=1S/C22H37F6O4PSi2/c1-34(2,3)16-10-14-19(21(23,24)25)31-33(29,30-18-12-8-7-9-13-18)32-20(22(26,27)28)15-11-17-35(4,5)6/h7-9,12-13,19-20H,10-11,14-17H2,1-6H3. The quantitative estimate of drug-likeness (QED) is 0.128. The van der Waals surface area contributed by atoms with Crippen molar-refractivity contribution < 1.29 is 44.5 Å². The molecule has 1 aromatic carbocycles. The summed E-state index contributed by atoms with van der Waals surface area (Å²) in [6.45, 7) is 11.9. The minimum absolute atomic E-state index is 0.115. The molecule has 35 heavy (non-hydrogen) atoms. The van der Waals surface area contributed by atoms with Gasteiger partial charge in [-0.1, -0.05) is 82.4 Å². The maximum atomic E-state index is 13.8. The van der Waals surface area contributed by atoms with Crippen LogP contribution in [0.4, 0.5) is 26.3 Å². The van der Waals surface area contributed by atoms with E-state index in [-0.39, 0.29) is 18.6 Å². The molecule has 0 aliphatic rings. The summed E-state index contributed by atoms with van der Waals surface area (Å²) in [5.74, 6) is -0.220. The monoisotopic (exact) mass is 566 g/mol. The first-order chi connectivity index (χ1) is 15.7. The van der Waals surface area contributed by atoms with Gasteiger partial charge in [0.05, 0.1) is 0 Å². The van der Waals surface area contributed by atoms with Crippen LogP contribution in [0, 0.1) is 0 Å². The van der Waals surface area contributed by atoms with Crippen molar-refractivity contribution in [1.29, 1.82) is 0 Å². The molecule has 4 nitrogen and oxygen atoms in total. The second-order valence-electron chi connectivity index (χ2n) is 11.0. The molecule has 0 aromatic heterocycles. The summed E-state index contributed by atoms with van der Waals surface area (Å²) >= 11 is 0. The van der Waals surface area contributed by atoms with E-state index < -0.39 is 61.4 Å². The van der Waals surface area contributed by atoms with Crippen LogP contribution in [0.15, 0.2) is 30.3 Å². The van der Waals surface area contributed by atoms with Gasteiger partial charge in [-0.25, -0.2) is 4.57 Å². The Morgan fingerprint density at radius 3 is 1.43 bits per heavy atom. The fourth-order valence-electron chi connectivity index (χ4n) is 3.18. The third-order valence-electron chi connectivity index (χ3n) is 4.99. The molecule has 0 N–H and O–H groups in total. The Kier molecular flexibility index (Phi) is 11.6. The van der Waals surface area contributed by atoms with Crippen molar-refractivity contribution in [2.24, 2.45) is 0 Å². The van der Waals surface area contributed by atoms with Crippen molar-refractivity contribution in [3.63, 3.8) is 0 Å². The average Bonchev–Trinajstić information content (AvgIpc) is 2.64. The number of alkyl halides is 6. The van der Waals surface area contributed by atoms with Crippen molar-refractivity contribution in [3.8, 4) is 5.75 Å². The molecule has 2 atom stereocenters. The fourth-order valence-corrected chi connectivity index (χ4v) is 7.30. The van der Waals surface area contributed by atoms with Crippen molar-refractivity contribution in [3.05, 3.63) is 30.3 Å². The highest BCUT2D eigenvalue weighted by Crippen LogP contribution is 2.55. The predicted molar refractivity (Wildman–Crippen MR) is 131 cm³/mol. The maximum absolute atomic E-state index is 13.8. The molecule has 0 bridgehead atoms. The Hall–Kier alpha value is -0.816. The molecule has 0 aliphatic carbocycles. The van der Waals surface area contributed by atoms with Crippen LogP contribution in [0.2, 0.25) is 51.4 Å². The first-order valence-electron chi connectivity index (χ1n) is 11.6. The highest BCUT2D eigenvalue weighted by Gasteiger charge is 2.51. The lowest BCUT2D eigenvalue weighted by atomic mass is 10.2. The summed E-state index contributed by atoms with van der Waals surface area (Å²) < 4.78 is 111. The number of rotatable bonds is 14. The Bertz CT molecular complexity index is 763. The number of halogens is 6. The fraction of sp³-hybridized carbons (Fsp3) is 0.727. The molecule has 0 radical (unpaired) electrons. The Labute approximate surface area is 206 Å². The molecule has 204 valence electrons. The smallest absolute Gasteiger partial charge is 0.404 e. The van der Waals surface area contributed by atoms with Crippen molar-refractivity contribution in [2.75, 3.05) is 0 Å². The summed E-state index contributed by atoms with van der Waals surface area (Å²) in [4.78, 5) is 0. The van der Waals surface area contributed by atoms with Gasteiger partial charge in [-0.3, -0.25) is 9.05 Å². The third-order valence-corrected chi connectivity index (χ3v) is 10.2.